The summed E-state index contributed by atoms with van der Waals surface area (Å²) in [5.41, 5.74) is 1.16. The Hall–Kier alpha value is -0.700. The fourth-order valence-corrected chi connectivity index (χ4v) is 6.15. The van der Waals surface area contributed by atoms with E-state index in [0.29, 0.717) is 0 Å². The summed E-state index contributed by atoms with van der Waals surface area (Å²) < 4.78 is 12.5. The third-order valence-electron chi connectivity index (χ3n) is 4.31. The van der Waals surface area contributed by atoms with E-state index in [-0.39, 0.29) is 11.4 Å². The van der Waals surface area contributed by atoms with Gasteiger partial charge in [0.05, 0.1) is 0 Å². The zero-order valence-electron chi connectivity index (χ0n) is 18.1. The normalized spacial score (nSPS) is 16.6. The van der Waals surface area contributed by atoms with Crippen LogP contribution in [0.15, 0.2) is 24.3 Å². The van der Waals surface area contributed by atoms with E-state index >= 15 is 0 Å². The Bertz CT molecular complexity index is 581. The van der Waals surface area contributed by atoms with Gasteiger partial charge in [-0.15, -0.1) is 0 Å². The molecule has 0 aromatic heterocycles. The first-order chi connectivity index (χ1) is 12.5. The number of carbonyl (C=O) groups excluding carboxylic acids is 1. The van der Waals surface area contributed by atoms with E-state index < -0.39 is 20.2 Å². The molecule has 0 saturated carbocycles. The van der Waals surface area contributed by atoms with E-state index in [1.165, 1.54) is 28.9 Å². The second kappa shape index (κ2) is 11.3. The van der Waals surface area contributed by atoms with Crippen molar-refractivity contribution in [2.24, 2.45) is 5.92 Å². The molecule has 1 fully saturated rings. The summed E-state index contributed by atoms with van der Waals surface area (Å²) in [7, 11) is 2.12. The van der Waals surface area contributed by atoms with Crippen molar-refractivity contribution in [3.63, 3.8) is 0 Å². The van der Waals surface area contributed by atoms with Gasteiger partial charge in [0.1, 0.15) is 0 Å². The monoisotopic (exact) mass is 491 g/mol. The van der Waals surface area contributed by atoms with Gasteiger partial charge in [-0.05, 0) is 20.8 Å². The number of nitrogens with zero attached hydrogens (tertiary/aromatic N) is 2. The number of piperidine rings is 1. The molecule has 2 N–H and O–H groups in total. The molecule has 27 heavy (non-hydrogen) atoms. The number of aryl methyl sites for hydroxylation is 1. The molecule has 2 rings (SSSR count). The van der Waals surface area contributed by atoms with Crippen LogP contribution in [0.4, 0.5) is 0 Å². The molecule has 156 valence electrons. The Labute approximate surface area is 173 Å². The van der Waals surface area contributed by atoms with Crippen LogP contribution in [0.2, 0.25) is 0 Å². The predicted molar refractivity (Wildman–Crippen MR) is 122 cm³/mol. The van der Waals surface area contributed by atoms with Crippen LogP contribution in [0.1, 0.15) is 53.0 Å². The van der Waals surface area contributed by atoms with Crippen LogP contribution < -0.4 is 5.32 Å². The van der Waals surface area contributed by atoms with Gasteiger partial charge in [-0.1, -0.05) is 0 Å². The second-order valence-electron chi connectivity index (χ2n) is 8.48. The average Bonchev–Trinajstić information content (AvgIpc) is 2.53. The summed E-state index contributed by atoms with van der Waals surface area (Å²) in [5, 5.41) is 7.39. The molecule has 0 spiro atoms. The van der Waals surface area contributed by atoms with Gasteiger partial charge < -0.3 is 5.32 Å². The van der Waals surface area contributed by atoms with E-state index in [9.17, 15) is 8.23 Å². The summed E-state index contributed by atoms with van der Waals surface area (Å²) in [6, 6.07) is 8.35. The Balaban J connectivity index is 0.000000387. The van der Waals surface area contributed by atoms with Gasteiger partial charge >= 0.3 is 124 Å². The van der Waals surface area contributed by atoms with Gasteiger partial charge in [-0.25, -0.2) is 0 Å². The van der Waals surface area contributed by atoms with Crippen LogP contribution in [-0.2, 0) is 4.79 Å². The first-order valence-corrected chi connectivity index (χ1v) is 13.2. The standard InChI is InChI=1S/C15H25IN2O.C6H13NO/c1-13-7-9-18(10-8-13)17(3)12-16(19)15-6-4-5-14(2)11-15;1-5(8)7-6(2,3)4/h4-6,11,13,19H,7-10,12H2,1-3H3;1-4H3,(H,7,8). The van der Waals surface area contributed by atoms with E-state index in [1.807, 2.05) is 26.8 Å². The van der Waals surface area contributed by atoms with Crippen LogP contribution in [-0.4, -0.2) is 49.6 Å². The number of nitrogens with one attached hydrogen (secondary N) is 1. The Morgan fingerprint density at radius 2 is 1.93 bits per heavy atom. The summed E-state index contributed by atoms with van der Waals surface area (Å²) in [5.74, 6) is 0.877. The molecule has 1 aromatic carbocycles. The molecule has 0 radical (unpaired) electrons. The van der Waals surface area contributed by atoms with Gasteiger partial charge in [0.2, 0.25) is 5.91 Å². The number of rotatable bonds is 4. The summed E-state index contributed by atoms with van der Waals surface area (Å²) in [4.78, 5) is 10.3. The van der Waals surface area contributed by atoms with E-state index in [2.05, 4.69) is 54.4 Å². The third-order valence-corrected chi connectivity index (χ3v) is 8.05. The second-order valence-corrected chi connectivity index (χ2v) is 12.3. The molecule has 1 heterocycles. The van der Waals surface area contributed by atoms with Gasteiger partial charge in [0.15, 0.2) is 0 Å². The van der Waals surface area contributed by atoms with Crippen molar-refractivity contribution < 1.29 is 8.23 Å². The van der Waals surface area contributed by atoms with Crippen molar-refractivity contribution in [3.8, 4) is 0 Å². The topological polar surface area (TPSA) is 55.8 Å². The molecule has 1 amide bonds. The van der Waals surface area contributed by atoms with E-state index in [1.54, 1.807) is 0 Å². The van der Waals surface area contributed by atoms with Crippen LogP contribution in [0, 0.1) is 16.4 Å². The summed E-state index contributed by atoms with van der Waals surface area (Å²) in [6.07, 6.45) is 2.54. The maximum absolute atomic E-state index is 10.5. The number of carbonyl (C=O) groups is 1. The van der Waals surface area contributed by atoms with E-state index in [0.717, 1.165) is 23.6 Å². The predicted octanol–water partition coefficient (Wildman–Crippen LogP) is 4.04. The average molecular weight is 491 g/mol. The van der Waals surface area contributed by atoms with Crippen molar-refractivity contribution in [2.45, 2.75) is 59.9 Å². The minimum atomic E-state index is -2.03. The van der Waals surface area contributed by atoms with Crippen molar-refractivity contribution >= 4 is 26.1 Å². The fraction of sp³-hybridized carbons (Fsp3) is 0.667. The number of benzene rings is 1. The molecule has 1 aliphatic heterocycles. The fourth-order valence-electron chi connectivity index (χ4n) is 2.91. The number of amides is 1. The van der Waals surface area contributed by atoms with Crippen LogP contribution in [0.25, 0.3) is 0 Å². The summed E-state index contributed by atoms with van der Waals surface area (Å²) in [6.45, 7) is 14.1. The number of hydrogen-bond acceptors (Lipinski definition) is 4. The Kier molecular flexibility index (Phi) is 10.2. The van der Waals surface area contributed by atoms with Gasteiger partial charge in [0, 0.05) is 12.5 Å². The van der Waals surface area contributed by atoms with Crippen molar-refractivity contribution in [2.75, 3.05) is 24.7 Å². The molecule has 1 aromatic rings. The van der Waals surface area contributed by atoms with Gasteiger partial charge in [-0.3, -0.25) is 4.79 Å². The van der Waals surface area contributed by atoms with Crippen LogP contribution in [0.3, 0.4) is 0 Å². The molecule has 1 saturated heterocycles. The van der Waals surface area contributed by atoms with E-state index in [4.69, 9.17) is 0 Å². The molecule has 0 bridgehead atoms. The Morgan fingerprint density at radius 3 is 2.37 bits per heavy atom. The molecular weight excluding hydrogens is 453 g/mol. The number of hydrogen-bond donors (Lipinski definition) is 2. The number of halogens is 1. The Morgan fingerprint density at radius 1 is 1.33 bits per heavy atom. The first-order valence-electron chi connectivity index (χ1n) is 9.64. The summed E-state index contributed by atoms with van der Waals surface area (Å²) >= 11 is -2.03. The van der Waals surface area contributed by atoms with Gasteiger partial charge in [-0.2, -0.15) is 0 Å². The third kappa shape index (κ3) is 10.4. The molecule has 0 atom stereocenters. The van der Waals surface area contributed by atoms with Crippen molar-refractivity contribution in [1.82, 2.24) is 15.3 Å². The van der Waals surface area contributed by atoms with Crippen LogP contribution in [0.5, 0.6) is 0 Å². The molecule has 0 unspecified atom stereocenters. The quantitative estimate of drug-likeness (QED) is 0.380. The number of hydrazine groups is 1. The van der Waals surface area contributed by atoms with Crippen molar-refractivity contribution in [1.29, 1.82) is 0 Å². The van der Waals surface area contributed by atoms with Crippen molar-refractivity contribution in [3.05, 3.63) is 33.4 Å². The maximum atomic E-state index is 10.5. The molecule has 6 heteroatoms. The first kappa shape index (κ1) is 24.3. The molecular formula is C21H38IN3O2. The zero-order chi connectivity index (χ0) is 20.6. The number of alkyl halides is 1. The zero-order valence-corrected chi connectivity index (χ0v) is 20.2. The molecule has 0 aliphatic carbocycles. The molecule has 1 aliphatic rings. The SMILES string of the molecule is CC(=O)NC(C)(C)C.Cc1cccc(I(O)CN(C)N2CCC(C)CC2)c1. The van der Waals surface area contributed by atoms with Crippen LogP contribution >= 0.6 is 20.2 Å². The minimum absolute atomic E-state index is 0.0255. The molecule has 5 nitrogen and oxygen atoms in total. The van der Waals surface area contributed by atoms with Gasteiger partial charge in [0.25, 0.3) is 0 Å².